The second kappa shape index (κ2) is 9.74. The summed E-state index contributed by atoms with van der Waals surface area (Å²) in [7, 11) is -1.18. The van der Waals surface area contributed by atoms with Gasteiger partial charge in [-0.15, -0.1) is 0 Å². The average molecular weight is 360 g/mol. The van der Waals surface area contributed by atoms with E-state index in [1.54, 1.807) is 0 Å². The van der Waals surface area contributed by atoms with E-state index in [2.05, 4.69) is 23.1 Å². The number of unbranched alkanes of at least 4 members (excludes halogenated alkanes) is 1. The SMILES string of the molecule is NC(CCCCB(O)O)C1CCN(Cc2cccc3c2OCCC3)CC1. The molecule has 1 aromatic rings. The van der Waals surface area contributed by atoms with E-state index >= 15 is 0 Å². The molecule has 0 radical (unpaired) electrons. The van der Waals surface area contributed by atoms with Gasteiger partial charge in [-0.1, -0.05) is 31.0 Å². The number of ether oxygens (including phenoxy) is 1. The topological polar surface area (TPSA) is 79.0 Å². The molecule has 0 bridgehead atoms. The third-order valence-electron chi connectivity index (χ3n) is 5.90. The Morgan fingerprint density at radius 1 is 1.23 bits per heavy atom. The lowest BCUT2D eigenvalue weighted by molar-refractivity contribution is 0.157. The Labute approximate surface area is 157 Å². The summed E-state index contributed by atoms with van der Waals surface area (Å²) in [4.78, 5) is 2.53. The third kappa shape index (κ3) is 5.46. The molecule has 6 heteroatoms. The monoisotopic (exact) mass is 360 g/mol. The summed E-state index contributed by atoms with van der Waals surface area (Å²) in [6.07, 6.45) is 7.81. The van der Waals surface area contributed by atoms with Crippen LogP contribution in [0.25, 0.3) is 0 Å². The van der Waals surface area contributed by atoms with Gasteiger partial charge in [0.15, 0.2) is 0 Å². The molecule has 144 valence electrons. The summed E-state index contributed by atoms with van der Waals surface area (Å²) in [5.74, 6) is 1.72. The highest BCUT2D eigenvalue weighted by Crippen LogP contribution is 2.31. The minimum Gasteiger partial charge on any atom is -0.493 e. The van der Waals surface area contributed by atoms with Crippen LogP contribution >= 0.6 is 0 Å². The quantitative estimate of drug-likeness (QED) is 0.489. The molecular weight excluding hydrogens is 327 g/mol. The Hall–Kier alpha value is -1.08. The van der Waals surface area contributed by atoms with Crippen molar-refractivity contribution in [3.05, 3.63) is 29.3 Å². The van der Waals surface area contributed by atoms with Crippen molar-refractivity contribution in [2.75, 3.05) is 19.7 Å². The number of hydrogen-bond acceptors (Lipinski definition) is 5. The molecule has 0 spiro atoms. The van der Waals surface area contributed by atoms with Crippen molar-refractivity contribution < 1.29 is 14.8 Å². The van der Waals surface area contributed by atoms with Crippen molar-refractivity contribution in [2.24, 2.45) is 11.7 Å². The van der Waals surface area contributed by atoms with E-state index in [-0.39, 0.29) is 6.04 Å². The molecule has 26 heavy (non-hydrogen) atoms. The molecule has 1 fully saturated rings. The highest BCUT2D eigenvalue weighted by Gasteiger charge is 2.25. The number of nitrogens with two attached hydrogens (primary N) is 1. The maximum Gasteiger partial charge on any atom is 0.451 e. The van der Waals surface area contributed by atoms with Crippen molar-refractivity contribution in [3.63, 3.8) is 0 Å². The smallest absolute Gasteiger partial charge is 0.451 e. The molecule has 0 aliphatic carbocycles. The summed E-state index contributed by atoms with van der Waals surface area (Å²) >= 11 is 0. The Kier molecular flexibility index (Phi) is 7.37. The lowest BCUT2D eigenvalue weighted by Gasteiger charge is -2.35. The summed E-state index contributed by atoms with van der Waals surface area (Å²) < 4.78 is 5.94. The third-order valence-corrected chi connectivity index (χ3v) is 5.90. The fraction of sp³-hybridized carbons (Fsp3) is 0.700. The van der Waals surface area contributed by atoms with Gasteiger partial charge < -0.3 is 20.5 Å². The minimum atomic E-state index is -1.18. The van der Waals surface area contributed by atoms with Gasteiger partial charge in [0.05, 0.1) is 6.61 Å². The van der Waals surface area contributed by atoms with Crippen molar-refractivity contribution in [1.29, 1.82) is 0 Å². The standard InChI is InChI=1S/C20H33BN2O3/c22-19(8-1-2-11-21(24)25)16-9-12-23(13-10-16)15-18-6-3-5-17-7-4-14-26-20(17)18/h3,5-6,16,19,24-25H,1-2,4,7-15,22H2. The minimum absolute atomic E-state index is 0.237. The second-order valence-corrected chi connectivity index (χ2v) is 7.90. The zero-order valence-electron chi connectivity index (χ0n) is 15.8. The molecule has 2 heterocycles. The largest absolute Gasteiger partial charge is 0.493 e. The Balaban J connectivity index is 1.43. The summed E-state index contributed by atoms with van der Waals surface area (Å²) in [5, 5.41) is 17.8. The van der Waals surface area contributed by atoms with Crippen LogP contribution in [-0.2, 0) is 13.0 Å². The number of para-hydroxylation sites is 1. The Morgan fingerprint density at radius 2 is 2.04 bits per heavy atom. The van der Waals surface area contributed by atoms with E-state index in [0.29, 0.717) is 12.2 Å². The van der Waals surface area contributed by atoms with Gasteiger partial charge in [-0.3, -0.25) is 4.90 Å². The van der Waals surface area contributed by atoms with Crippen LogP contribution in [0.1, 0.15) is 49.7 Å². The maximum atomic E-state index is 8.90. The Bertz CT molecular complexity index is 562. The molecule has 1 aromatic carbocycles. The zero-order chi connectivity index (χ0) is 18.4. The van der Waals surface area contributed by atoms with Crippen LogP contribution in [0.4, 0.5) is 0 Å². The van der Waals surface area contributed by atoms with E-state index in [4.69, 9.17) is 20.5 Å². The number of piperidine rings is 1. The van der Waals surface area contributed by atoms with Gasteiger partial charge in [-0.25, -0.2) is 0 Å². The molecule has 0 saturated carbocycles. The van der Waals surface area contributed by atoms with Crippen LogP contribution in [0.15, 0.2) is 18.2 Å². The van der Waals surface area contributed by atoms with Crippen molar-refractivity contribution >= 4 is 7.12 Å². The number of hydrogen-bond donors (Lipinski definition) is 3. The van der Waals surface area contributed by atoms with Crippen LogP contribution in [0, 0.1) is 5.92 Å². The molecule has 2 aliphatic heterocycles. The van der Waals surface area contributed by atoms with Crippen molar-refractivity contribution in [3.8, 4) is 5.75 Å². The number of benzene rings is 1. The highest BCUT2D eigenvalue weighted by molar-refractivity contribution is 6.40. The van der Waals surface area contributed by atoms with Crippen LogP contribution in [0.3, 0.4) is 0 Å². The molecule has 0 amide bonds. The number of aryl methyl sites for hydroxylation is 1. The Morgan fingerprint density at radius 3 is 2.81 bits per heavy atom. The molecule has 2 aliphatic rings. The molecule has 1 atom stereocenters. The molecule has 0 aromatic heterocycles. The van der Waals surface area contributed by atoms with Gasteiger partial charge in [-0.05, 0) is 63.0 Å². The summed E-state index contributed by atoms with van der Waals surface area (Å²) in [6.45, 7) is 4.00. The van der Waals surface area contributed by atoms with E-state index in [1.807, 2.05) is 0 Å². The molecule has 5 nitrogen and oxygen atoms in total. The van der Waals surface area contributed by atoms with E-state index < -0.39 is 7.12 Å². The van der Waals surface area contributed by atoms with Gasteiger partial charge in [-0.2, -0.15) is 0 Å². The van der Waals surface area contributed by atoms with Gasteiger partial charge in [0.25, 0.3) is 0 Å². The predicted octanol–water partition coefficient (Wildman–Crippen LogP) is 2.19. The zero-order valence-corrected chi connectivity index (χ0v) is 15.8. The predicted molar refractivity (Wildman–Crippen MR) is 105 cm³/mol. The second-order valence-electron chi connectivity index (χ2n) is 7.90. The number of rotatable bonds is 8. The van der Waals surface area contributed by atoms with Gasteiger partial charge in [0, 0.05) is 18.2 Å². The van der Waals surface area contributed by atoms with Gasteiger partial charge in [0.1, 0.15) is 5.75 Å². The van der Waals surface area contributed by atoms with Crippen LogP contribution in [0.2, 0.25) is 6.32 Å². The molecule has 1 saturated heterocycles. The fourth-order valence-electron chi connectivity index (χ4n) is 4.30. The van der Waals surface area contributed by atoms with Crippen molar-refractivity contribution in [1.82, 2.24) is 4.90 Å². The van der Waals surface area contributed by atoms with Gasteiger partial charge >= 0.3 is 7.12 Å². The van der Waals surface area contributed by atoms with Crippen LogP contribution in [-0.4, -0.2) is 47.8 Å². The fourth-order valence-corrected chi connectivity index (χ4v) is 4.30. The first-order chi connectivity index (χ1) is 12.6. The van der Waals surface area contributed by atoms with Crippen LogP contribution < -0.4 is 10.5 Å². The van der Waals surface area contributed by atoms with E-state index in [0.717, 1.165) is 76.9 Å². The van der Waals surface area contributed by atoms with E-state index in [1.165, 1.54) is 11.1 Å². The van der Waals surface area contributed by atoms with Crippen LogP contribution in [0.5, 0.6) is 5.75 Å². The molecule has 1 unspecified atom stereocenters. The number of likely N-dealkylation sites (tertiary alicyclic amines) is 1. The summed E-state index contributed by atoms with van der Waals surface area (Å²) in [6, 6.07) is 6.80. The first kappa shape index (κ1) is 19.7. The highest BCUT2D eigenvalue weighted by atomic mass is 16.5. The van der Waals surface area contributed by atoms with E-state index in [9.17, 15) is 0 Å². The average Bonchev–Trinajstić information content (AvgIpc) is 2.66. The molecular formula is C20H33BN2O3. The summed E-state index contributed by atoms with van der Waals surface area (Å²) in [5.41, 5.74) is 9.08. The molecule has 3 rings (SSSR count). The normalized spacial score (nSPS) is 19.7. The lowest BCUT2D eigenvalue weighted by atomic mass is 9.82. The number of nitrogens with zero attached hydrogens (tertiary/aromatic N) is 1. The van der Waals surface area contributed by atoms with Crippen molar-refractivity contribution in [2.45, 2.75) is 63.9 Å². The maximum absolute atomic E-state index is 8.90. The number of fused-ring (bicyclic) bond motifs is 1. The first-order valence-electron chi connectivity index (χ1n) is 10.2. The first-order valence-corrected chi connectivity index (χ1v) is 10.2. The lowest BCUT2D eigenvalue weighted by Crippen LogP contribution is -2.40. The molecule has 4 N–H and O–H groups in total. The van der Waals surface area contributed by atoms with Gasteiger partial charge in [0.2, 0.25) is 0 Å².